The Hall–Kier alpha value is -2.37. The van der Waals surface area contributed by atoms with Crippen LogP contribution in [0.1, 0.15) is 60.9 Å². The molecule has 27 heavy (non-hydrogen) atoms. The third kappa shape index (κ3) is 3.70. The van der Waals surface area contributed by atoms with Gasteiger partial charge in [-0.1, -0.05) is 36.2 Å². The standard InChI is InChI=1S/C21H26N3O3/c1-15-6-2-5-9-17(15)20(26)24-12-10-21(11-13-24)14-18(23-27-21)19(25)22-16-7-3-4-8-16/h2,5-6,9,16H,1,3-4,7-8,10-14H2,(H,22,25). The fraction of sp³-hybridized carbons (Fsp3) is 0.524. The van der Waals surface area contributed by atoms with Crippen LogP contribution in [0.5, 0.6) is 0 Å². The van der Waals surface area contributed by atoms with Gasteiger partial charge in [0.2, 0.25) is 0 Å². The van der Waals surface area contributed by atoms with Gasteiger partial charge in [-0.3, -0.25) is 9.59 Å². The number of oxime groups is 1. The lowest BCUT2D eigenvalue weighted by Gasteiger charge is -2.37. The van der Waals surface area contributed by atoms with E-state index in [4.69, 9.17) is 4.84 Å². The number of carbonyl (C=O) groups excluding carboxylic acids is 2. The van der Waals surface area contributed by atoms with E-state index in [2.05, 4.69) is 17.4 Å². The highest BCUT2D eigenvalue weighted by Crippen LogP contribution is 2.35. The van der Waals surface area contributed by atoms with Gasteiger partial charge in [0, 0.05) is 44.0 Å². The van der Waals surface area contributed by atoms with Gasteiger partial charge in [-0.25, -0.2) is 0 Å². The van der Waals surface area contributed by atoms with Crippen molar-refractivity contribution in [3.05, 3.63) is 42.3 Å². The van der Waals surface area contributed by atoms with Gasteiger partial charge in [0.05, 0.1) is 0 Å². The number of rotatable bonds is 3. The maximum atomic E-state index is 12.7. The van der Waals surface area contributed by atoms with Crippen molar-refractivity contribution in [3.8, 4) is 0 Å². The van der Waals surface area contributed by atoms with E-state index >= 15 is 0 Å². The van der Waals surface area contributed by atoms with Gasteiger partial charge in [-0.2, -0.15) is 0 Å². The number of amides is 2. The molecule has 1 N–H and O–H groups in total. The zero-order valence-corrected chi connectivity index (χ0v) is 15.6. The molecule has 1 aromatic carbocycles. The highest BCUT2D eigenvalue weighted by atomic mass is 16.7. The number of hydrogen-bond acceptors (Lipinski definition) is 4. The van der Waals surface area contributed by atoms with Crippen LogP contribution in [0.3, 0.4) is 0 Å². The molecule has 2 aliphatic heterocycles. The molecule has 0 bridgehead atoms. The molecule has 143 valence electrons. The van der Waals surface area contributed by atoms with Crippen molar-refractivity contribution in [2.45, 2.75) is 56.6 Å². The van der Waals surface area contributed by atoms with Crippen LogP contribution in [0.4, 0.5) is 0 Å². The molecule has 6 nitrogen and oxygen atoms in total. The molecule has 2 fully saturated rings. The minimum Gasteiger partial charge on any atom is -0.388 e. The van der Waals surface area contributed by atoms with Crippen molar-refractivity contribution < 1.29 is 14.4 Å². The van der Waals surface area contributed by atoms with Crippen LogP contribution in [-0.2, 0) is 9.63 Å². The summed E-state index contributed by atoms with van der Waals surface area (Å²) in [5.41, 5.74) is 1.44. The molecule has 1 saturated carbocycles. The Bertz CT molecular complexity index is 760. The Morgan fingerprint density at radius 1 is 1.19 bits per heavy atom. The predicted molar refractivity (Wildman–Crippen MR) is 102 cm³/mol. The number of carbonyl (C=O) groups is 2. The third-order valence-electron chi connectivity index (χ3n) is 6.00. The Morgan fingerprint density at radius 2 is 1.89 bits per heavy atom. The molecule has 4 rings (SSSR count). The van der Waals surface area contributed by atoms with Crippen LogP contribution in [0.25, 0.3) is 0 Å². The maximum absolute atomic E-state index is 12.7. The van der Waals surface area contributed by atoms with E-state index in [1.807, 2.05) is 29.2 Å². The van der Waals surface area contributed by atoms with E-state index in [0.717, 1.165) is 18.4 Å². The molecule has 0 atom stereocenters. The Kier molecular flexibility index (Phi) is 4.89. The molecule has 2 amide bonds. The fourth-order valence-corrected chi connectivity index (χ4v) is 4.27. The quantitative estimate of drug-likeness (QED) is 0.892. The smallest absolute Gasteiger partial charge is 0.269 e. The van der Waals surface area contributed by atoms with Gasteiger partial charge in [-0.05, 0) is 31.4 Å². The molecule has 3 aliphatic rings. The lowest BCUT2D eigenvalue weighted by molar-refractivity contribution is -0.115. The van der Waals surface area contributed by atoms with E-state index in [0.29, 0.717) is 43.6 Å². The van der Waals surface area contributed by atoms with Gasteiger partial charge in [0.1, 0.15) is 11.3 Å². The van der Waals surface area contributed by atoms with Gasteiger partial charge in [0.15, 0.2) is 0 Å². The number of nitrogens with zero attached hydrogens (tertiary/aromatic N) is 2. The normalized spacial score (nSPS) is 21.8. The number of nitrogens with one attached hydrogen (secondary N) is 1. The van der Waals surface area contributed by atoms with Crippen molar-refractivity contribution in [1.29, 1.82) is 0 Å². The Labute approximate surface area is 159 Å². The molecule has 1 aliphatic carbocycles. The van der Waals surface area contributed by atoms with Crippen LogP contribution >= 0.6 is 0 Å². The number of hydrogen-bond donors (Lipinski definition) is 1. The molecule has 1 aromatic rings. The molecule has 0 unspecified atom stereocenters. The first-order chi connectivity index (χ1) is 13.1. The highest BCUT2D eigenvalue weighted by Gasteiger charge is 2.44. The molecular formula is C21H26N3O3. The summed E-state index contributed by atoms with van der Waals surface area (Å²) in [4.78, 5) is 32.7. The van der Waals surface area contributed by atoms with Gasteiger partial charge in [-0.15, -0.1) is 0 Å². The van der Waals surface area contributed by atoms with E-state index in [1.54, 1.807) is 0 Å². The van der Waals surface area contributed by atoms with E-state index in [9.17, 15) is 9.59 Å². The molecule has 1 saturated heterocycles. The largest absolute Gasteiger partial charge is 0.388 e. The third-order valence-corrected chi connectivity index (χ3v) is 6.00. The topological polar surface area (TPSA) is 71.0 Å². The lowest BCUT2D eigenvalue weighted by atomic mass is 9.86. The second-order valence-electron chi connectivity index (χ2n) is 7.89. The van der Waals surface area contributed by atoms with Crippen LogP contribution in [0.2, 0.25) is 0 Å². The van der Waals surface area contributed by atoms with Gasteiger partial charge >= 0.3 is 0 Å². The minimum atomic E-state index is -0.441. The summed E-state index contributed by atoms with van der Waals surface area (Å²) in [7, 11) is 0. The monoisotopic (exact) mass is 368 g/mol. The van der Waals surface area contributed by atoms with Crippen molar-refractivity contribution in [2.75, 3.05) is 13.1 Å². The first-order valence-corrected chi connectivity index (χ1v) is 9.82. The van der Waals surface area contributed by atoms with Crippen LogP contribution in [0.15, 0.2) is 29.4 Å². The summed E-state index contributed by atoms with van der Waals surface area (Å²) in [5.74, 6) is -0.0863. The summed E-state index contributed by atoms with van der Waals surface area (Å²) >= 11 is 0. The number of benzene rings is 1. The predicted octanol–water partition coefficient (Wildman–Crippen LogP) is 2.68. The van der Waals surface area contributed by atoms with Crippen LogP contribution < -0.4 is 5.32 Å². The second-order valence-corrected chi connectivity index (χ2v) is 7.89. The highest BCUT2D eigenvalue weighted by molar-refractivity contribution is 6.39. The van der Waals surface area contributed by atoms with Gasteiger partial charge < -0.3 is 15.1 Å². The minimum absolute atomic E-state index is 0.00793. The first kappa shape index (κ1) is 18.0. The van der Waals surface area contributed by atoms with Gasteiger partial charge in [0.25, 0.3) is 11.8 Å². The zero-order valence-electron chi connectivity index (χ0n) is 15.6. The van der Waals surface area contributed by atoms with Crippen LogP contribution in [-0.4, -0.2) is 47.2 Å². The second kappa shape index (κ2) is 7.33. The van der Waals surface area contributed by atoms with E-state index in [1.165, 1.54) is 12.8 Å². The van der Waals surface area contributed by atoms with Crippen LogP contribution in [0, 0.1) is 6.92 Å². The SMILES string of the molecule is [CH2]c1ccccc1C(=O)N1CCC2(CC1)CC(C(=O)NC1CCCC1)=NO2. The molecule has 1 radical (unpaired) electrons. The fourth-order valence-electron chi connectivity index (χ4n) is 4.27. The molecule has 2 heterocycles. The van der Waals surface area contributed by atoms with E-state index in [-0.39, 0.29) is 17.9 Å². The summed E-state index contributed by atoms with van der Waals surface area (Å²) < 4.78 is 0. The average molecular weight is 368 g/mol. The lowest BCUT2D eigenvalue weighted by Crippen LogP contribution is -2.47. The molecule has 6 heteroatoms. The van der Waals surface area contributed by atoms with Crippen molar-refractivity contribution >= 4 is 17.5 Å². The number of likely N-dealkylation sites (tertiary alicyclic amines) is 1. The summed E-state index contributed by atoms with van der Waals surface area (Å²) in [6.45, 7) is 5.14. The molecule has 1 spiro atoms. The van der Waals surface area contributed by atoms with Crippen molar-refractivity contribution in [2.24, 2.45) is 5.16 Å². The zero-order chi connectivity index (χ0) is 18.9. The van der Waals surface area contributed by atoms with E-state index < -0.39 is 5.60 Å². The average Bonchev–Trinajstić information content (AvgIpc) is 3.33. The number of piperidine rings is 1. The summed E-state index contributed by atoms with van der Waals surface area (Å²) in [6, 6.07) is 7.68. The first-order valence-electron chi connectivity index (χ1n) is 9.82. The molecular weight excluding hydrogens is 342 g/mol. The Balaban J connectivity index is 1.32. The van der Waals surface area contributed by atoms with Crippen molar-refractivity contribution in [1.82, 2.24) is 10.2 Å². The summed E-state index contributed by atoms with van der Waals surface area (Å²) in [5, 5.41) is 7.16. The van der Waals surface area contributed by atoms with Crippen molar-refractivity contribution in [3.63, 3.8) is 0 Å². The molecule has 0 aromatic heterocycles. The Morgan fingerprint density at radius 3 is 2.59 bits per heavy atom. The maximum Gasteiger partial charge on any atom is 0.269 e. The summed E-state index contributed by atoms with van der Waals surface area (Å²) in [6.07, 6.45) is 6.35.